The maximum absolute atomic E-state index is 13.0. The average Bonchev–Trinajstić information content (AvgIpc) is 2.68. The first-order chi connectivity index (χ1) is 13.9. The van der Waals surface area contributed by atoms with E-state index in [1.165, 1.54) is 0 Å². The van der Waals surface area contributed by atoms with E-state index < -0.39 is 0 Å². The largest absolute Gasteiger partial charge is 0.350 e. The molecule has 0 spiro atoms. The van der Waals surface area contributed by atoms with Gasteiger partial charge in [-0.2, -0.15) is 0 Å². The quantitative estimate of drug-likeness (QED) is 0.839. The van der Waals surface area contributed by atoms with E-state index in [1.54, 1.807) is 41.3 Å². The molecule has 1 aromatic carbocycles. The van der Waals surface area contributed by atoms with Crippen molar-refractivity contribution in [2.45, 2.75) is 38.8 Å². The van der Waals surface area contributed by atoms with Crippen LogP contribution in [0.3, 0.4) is 0 Å². The van der Waals surface area contributed by atoms with Gasteiger partial charge in [-0.1, -0.05) is 18.2 Å². The smallest absolute Gasteiger partial charge is 0.321 e. The molecule has 4 rings (SSSR count). The zero-order valence-corrected chi connectivity index (χ0v) is 16.7. The summed E-state index contributed by atoms with van der Waals surface area (Å²) in [7, 11) is 0. The van der Waals surface area contributed by atoms with Gasteiger partial charge >= 0.3 is 6.03 Å². The predicted molar refractivity (Wildman–Crippen MR) is 111 cm³/mol. The lowest BCUT2D eigenvalue weighted by Crippen LogP contribution is -2.50. The fraction of sp³-hybridized carbons (Fsp3) is 0.409. The molecule has 7 heteroatoms. The van der Waals surface area contributed by atoms with E-state index in [-0.39, 0.29) is 35.4 Å². The number of likely N-dealkylation sites (tertiary alicyclic amines) is 1. The van der Waals surface area contributed by atoms with Crippen molar-refractivity contribution in [3.63, 3.8) is 0 Å². The molecule has 3 heterocycles. The fourth-order valence-electron chi connectivity index (χ4n) is 4.39. The molecule has 0 radical (unpaired) electrons. The molecule has 1 aromatic heterocycles. The third-order valence-electron chi connectivity index (χ3n) is 5.60. The zero-order chi connectivity index (χ0) is 20.5. The van der Waals surface area contributed by atoms with Crippen LogP contribution < -0.4 is 16.2 Å². The second-order valence-electron chi connectivity index (χ2n) is 8.21. The maximum atomic E-state index is 13.0. The first-order valence-corrected chi connectivity index (χ1v) is 10.1. The van der Waals surface area contributed by atoms with E-state index in [1.807, 2.05) is 24.5 Å². The molecule has 2 N–H and O–H groups in total. The number of urea groups is 1. The third kappa shape index (κ3) is 3.90. The topological polar surface area (TPSA) is 83.4 Å². The molecule has 0 saturated carbocycles. The van der Waals surface area contributed by atoms with Gasteiger partial charge in [-0.3, -0.25) is 9.59 Å². The van der Waals surface area contributed by atoms with E-state index in [0.29, 0.717) is 30.9 Å². The van der Waals surface area contributed by atoms with E-state index in [4.69, 9.17) is 0 Å². The van der Waals surface area contributed by atoms with Crippen molar-refractivity contribution in [1.29, 1.82) is 0 Å². The summed E-state index contributed by atoms with van der Waals surface area (Å²) in [4.78, 5) is 39.4. The van der Waals surface area contributed by atoms with Crippen LogP contribution in [-0.2, 0) is 6.54 Å². The van der Waals surface area contributed by atoms with Crippen LogP contribution in [0.4, 0.5) is 10.5 Å². The van der Waals surface area contributed by atoms with Crippen LogP contribution in [0, 0.1) is 5.92 Å². The Hall–Kier alpha value is -3.09. The third-order valence-corrected chi connectivity index (χ3v) is 5.60. The minimum absolute atomic E-state index is 0.0104. The number of aromatic nitrogens is 1. The summed E-state index contributed by atoms with van der Waals surface area (Å²) >= 11 is 0. The van der Waals surface area contributed by atoms with Crippen molar-refractivity contribution in [2.24, 2.45) is 5.92 Å². The molecule has 2 aromatic rings. The fourth-order valence-corrected chi connectivity index (χ4v) is 4.39. The molecule has 1 fully saturated rings. The SMILES string of the molecule is CC(C)NC(=O)c1ccccc1NC(=O)N1CC2CC(C1)c1cccc(=O)n1C2. The van der Waals surface area contributed by atoms with Gasteiger partial charge in [0.1, 0.15) is 0 Å². The first kappa shape index (κ1) is 19.2. The summed E-state index contributed by atoms with van der Waals surface area (Å²) in [6.07, 6.45) is 0.987. The van der Waals surface area contributed by atoms with Crippen LogP contribution in [0.5, 0.6) is 0 Å². The first-order valence-electron chi connectivity index (χ1n) is 10.1. The van der Waals surface area contributed by atoms with Gasteiger partial charge in [0.25, 0.3) is 11.5 Å². The Morgan fingerprint density at radius 2 is 1.83 bits per heavy atom. The Morgan fingerprint density at radius 1 is 1.03 bits per heavy atom. The van der Waals surface area contributed by atoms with Gasteiger partial charge in [0.2, 0.25) is 0 Å². The maximum Gasteiger partial charge on any atom is 0.321 e. The minimum atomic E-state index is -0.212. The number of pyridine rings is 1. The molecular formula is C22H26N4O3. The van der Waals surface area contributed by atoms with E-state index in [0.717, 1.165) is 12.1 Å². The molecule has 2 aliphatic heterocycles. The molecule has 29 heavy (non-hydrogen) atoms. The van der Waals surface area contributed by atoms with Gasteiger partial charge in [0.05, 0.1) is 11.3 Å². The van der Waals surface area contributed by atoms with Crippen LogP contribution >= 0.6 is 0 Å². The van der Waals surface area contributed by atoms with Gasteiger partial charge in [-0.25, -0.2) is 4.79 Å². The van der Waals surface area contributed by atoms with Gasteiger partial charge < -0.3 is 20.1 Å². The second kappa shape index (κ2) is 7.73. The van der Waals surface area contributed by atoms with Crippen LogP contribution in [-0.4, -0.2) is 40.5 Å². The van der Waals surface area contributed by atoms with Crippen LogP contribution in [0.2, 0.25) is 0 Å². The normalized spacial score (nSPS) is 20.2. The van der Waals surface area contributed by atoms with Crippen LogP contribution in [0.1, 0.15) is 42.2 Å². The highest BCUT2D eigenvalue weighted by Gasteiger charge is 2.36. The Morgan fingerprint density at radius 3 is 2.62 bits per heavy atom. The molecule has 3 amide bonds. The number of amides is 3. The van der Waals surface area contributed by atoms with Crippen LogP contribution in [0.25, 0.3) is 0 Å². The second-order valence-corrected chi connectivity index (χ2v) is 8.21. The Balaban J connectivity index is 1.51. The number of hydrogen-bond acceptors (Lipinski definition) is 3. The predicted octanol–water partition coefficient (Wildman–Crippen LogP) is 2.64. The van der Waals surface area contributed by atoms with Crippen LogP contribution in [0.15, 0.2) is 47.3 Å². The van der Waals surface area contributed by atoms with Crippen molar-refractivity contribution in [3.05, 3.63) is 64.1 Å². The molecule has 152 valence electrons. The lowest BCUT2D eigenvalue weighted by atomic mass is 9.83. The summed E-state index contributed by atoms with van der Waals surface area (Å²) in [5.74, 6) is 0.202. The Labute approximate surface area is 169 Å². The molecule has 2 aliphatic rings. The molecule has 2 unspecified atom stereocenters. The molecule has 1 saturated heterocycles. The Kier molecular flexibility index (Phi) is 5.13. The number of carbonyl (C=O) groups is 2. The molecule has 0 aliphatic carbocycles. The number of benzene rings is 1. The molecular weight excluding hydrogens is 368 g/mol. The van der Waals surface area contributed by atoms with Crippen molar-refractivity contribution in [1.82, 2.24) is 14.8 Å². The van der Waals surface area contributed by atoms with Gasteiger partial charge in [0, 0.05) is 43.4 Å². The lowest BCUT2D eigenvalue weighted by molar-refractivity contribution is 0.0944. The number of nitrogens with zero attached hydrogens (tertiary/aromatic N) is 2. The van der Waals surface area contributed by atoms with Crippen molar-refractivity contribution >= 4 is 17.6 Å². The lowest BCUT2D eigenvalue weighted by Gasteiger charge is -2.42. The minimum Gasteiger partial charge on any atom is -0.350 e. The van der Waals surface area contributed by atoms with E-state index in [9.17, 15) is 14.4 Å². The summed E-state index contributed by atoms with van der Waals surface area (Å²) in [5, 5.41) is 5.78. The summed E-state index contributed by atoms with van der Waals surface area (Å²) in [5.41, 5.74) is 1.98. The number of carbonyl (C=O) groups excluding carboxylic acids is 2. The van der Waals surface area contributed by atoms with Crippen molar-refractivity contribution < 1.29 is 9.59 Å². The number of hydrogen-bond donors (Lipinski definition) is 2. The van der Waals surface area contributed by atoms with Gasteiger partial charge in [-0.05, 0) is 44.4 Å². The standard InChI is InChI=1S/C22H26N4O3/c1-14(2)23-21(28)17-6-3-4-7-18(17)24-22(29)25-11-15-10-16(13-25)19-8-5-9-20(27)26(19)12-15/h3-9,14-16H,10-13H2,1-2H3,(H,23,28)(H,24,29). The zero-order valence-electron chi connectivity index (χ0n) is 16.7. The number of anilines is 1. The van der Waals surface area contributed by atoms with E-state index in [2.05, 4.69) is 10.6 Å². The van der Waals surface area contributed by atoms with E-state index >= 15 is 0 Å². The molecule has 2 atom stereocenters. The summed E-state index contributed by atoms with van der Waals surface area (Å²) in [6, 6.07) is 12.2. The van der Waals surface area contributed by atoms with Gasteiger partial charge in [-0.15, -0.1) is 0 Å². The van der Waals surface area contributed by atoms with Crippen molar-refractivity contribution in [2.75, 3.05) is 18.4 Å². The Bertz CT molecular complexity index is 998. The number of nitrogens with one attached hydrogen (secondary N) is 2. The number of piperidine rings is 1. The number of fused-ring (bicyclic) bond motifs is 4. The average molecular weight is 394 g/mol. The number of rotatable bonds is 3. The molecule has 2 bridgehead atoms. The van der Waals surface area contributed by atoms with Crippen molar-refractivity contribution in [3.8, 4) is 0 Å². The molecule has 7 nitrogen and oxygen atoms in total. The number of para-hydroxylation sites is 1. The highest BCUT2D eigenvalue weighted by atomic mass is 16.2. The monoisotopic (exact) mass is 394 g/mol. The summed E-state index contributed by atoms with van der Waals surface area (Å²) < 4.78 is 1.85. The highest BCUT2D eigenvalue weighted by molar-refractivity contribution is 6.03. The summed E-state index contributed by atoms with van der Waals surface area (Å²) in [6.45, 7) is 5.60. The van der Waals surface area contributed by atoms with Gasteiger partial charge in [0.15, 0.2) is 0 Å². The highest BCUT2D eigenvalue weighted by Crippen LogP contribution is 2.35.